The van der Waals surface area contributed by atoms with Gasteiger partial charge in [0.15, 0.2) is 0 Å². The summed E-state index contributed by atoms with van der Waals surface area (Å²) in [6, 6.07) is 8.35. The molecule has 0 saturated heterocycles. The van der Waals surface area contributed by atoms with Crippen molar-refractivity contribution in [2.75, 3.05) is 0 Å². The van der Waals surface area contributed by atoms with Crippen molar-refractivity contribution in [2.45, 2.75) is 6.92 Å². The maximum absolute atomic E-state index is 13.4. The molecule has 1 aromatic heterocycles. The minimum atomic E-state index is -0.499. The van der Waals surface area contributed by atoms with Crippen LogP contribution in [0.15, 0.2) is 36.7 Å². The number of nitriles is 1. The van der Waals surface area contributed by atoms with Crippen molar-refractivity contribution in [3.05, 3.63) is 53.6 Å². The monoisotopic (exact) mass is 212 g/mol. The lowest BCUT2D eigenvalue weighted by Crippen LogP contribution is -1.90. The molecule has 3 heteroatoms. The van der Waals surface area contributed by atoms with Crippen LogP contribution in [0.2, 0.25) is 0 Å². The van der Waals surface area contributed by atoms with Crippen LogP contribution in [-0.2, 0) is 0 Å². The van der Waals surface area contributed by atoms with Gasteiger partial charge in [0.05, 0.1) is 5.56 Å². The van der Waals surface area contributed by atoms with E-state index in [4.69, 9.17) is 5.26 Å². The van der Waals surface area contributed by atoms with Gasteiger partial charge >= 0.3 is 0 Å². The summed E-state index contributed by atoms with van der Waals surface area (Å²) in [5.41, 5.74) is 2.38. The maximum atomic E-state index is 13.4. The fourth-order valence-electron chi connectivity index (χ4n) is 1.58. The molecule has 1 heterocycles. The first-order valence-electron chi connectivity index (χ1n) is 4.83. The Bertz CT molecular complexity index is 570. The second-order valence-electron chi connectivity index (χ2n) is 3.53. The number of hydrogen-bond acceptors (Lipinski definition) is 2. The second kappa shape index (κ2) is 4.11. The Labute approximate surface area is 93.0 Å². The molecule has 0 radical (unpaired) electrons. The number of halogens is 1. The highest BCUT2D eigenvalue weighted by Gasteiger charge is 2.09. The van der Waals surface area contributed by atoms with Gasteiger partial charge in [0.2, 0.25) is 0 Å². The summed E-state index contributed by atoms with van der Waals surface area (Å²) in [6.45, 7) is 1.90. The Morgan fingerprint density at radius 1 is 1.31 bits per heavy atom. The summed E-state index contributed by atoms with van der Waals surface area (Å²) < 4.78 is 13.4. The summed E-state index contributed by atoms with van der Waals surface area (Å²) in [5.74, 6) is -0.499. The van der Waals surface area contributed by atoms with Gasteiger partial charge in [-0.05, 0) is 24.6 Å². The predicted octanol–water partition coefficient (Wildman–Crippen LogP) is 3.07. The summed E-state index contributed by atoms with van der Waals surface area (Å²) >= 11 is 0. The molecule has 0 atom stereocenters. The van der Waals surface area contributed by atoms with Crippen LogP contribution in [0.25, 0.3) is 11.1 Å². The molecule has 2 rings (SSSR count). The van der Waals surface area contributed by atoms with Crippen molar-refractivity contribution in [3.8, 4) is 17.2 Å². The Balaban J connectivity index is 2.66. The lowest BCUT2D eigenvalue weighted by Gasteiger charge is -2.05. The highest BCUT2D eigenvalue weighted by atomic mass is 19.1. The van der Waals surface area contributed by atoms with Crippen LogP contribution in [0.5, 0.6) is 0 Å². The van der Waals surface area contributed by atoms with Gasteiger partial charge in [-0.3, -0.25) is 4.98 Å². The molecule has 0 spiro atoms. The Morgan fingerprint density at radius 3 is 2.81 bits per heavy atom. The molecule has 0 N–H and O–H groups in total. The predicted molar refractivity (Wildman–Crippen MR) is 59.1 cm³/mol. The number of benzene rings is 1. The zero-order valence-electron chi connectivity index (χ0n) is 8.74. The van der Waals surface area contributed by atoms with E-state index in [-0.39, 0.29) is 5.56 Å². The molecule has 0 amide bonds. The lowest BCUT2D eigenvalue weighted by molar-refractivity contribution is 0.624. The lowest BCUT2D eigenvalue weighted by atomic mass is 10.0. The smallest absolute Gasteiger partial charge is 0.141 e. The minimum Gasteiger partial charge on any atom is -0.264 e. The van der Waals surface area contributed by atoms with Gasteiger partial charge in [0, 0.05) is 23.5 Å². The molecule has 0 unspecified atom stereocenters. The standard InChI is InChI=1S/C13H9FN2/c1-9-5-10(8-16-7-9)11-3-2-4-13(14)12(11)6-15/h2-5,7-8H,1H3. The topological polar surface area (TPSA) is 36.7 Å². The van der Waals surface area contributed by atoms with Gasteiger partial charge in [-0.2, -0.15) is 5.26 Å². The molecule has 0 saturated carbocycles. The zero-order chi connectivity index (χ0) is 11.5. The van der Waals surface area contributed by atoms with E-state index in [0.717, 1.165) is 11.1 Å². The Morgan fingerprint density at radius 2 is 2.12 bits per heavy atom. The number of aromatic nitrogens is 1. The van der Waals surface area contributed by atoms with Crippen LogP contribution in [0, 0.1) is 24.1 Å². The van der Waals surface area contributed by atoms with Gasteiger partial charge in [-0.25, -0.2) is 4.39 Å². The van der Waals surface area contributed by atoms with Gasteiger partial charge in [0.1, 0.15) is 11.9 Å². The van der Waals surface area contributed by atoms with E-state index in [0.29, 0.717) is 5.56 Å². The highest BCUT2D eigenvalue weighted by Crippen LogP contribution is 2.24. The molecular formula is C13H9FN2. The van der Waals surface area contributed by atoms with Gasteiger partial charge in [-0.15, -0.1) is 0 Å². The molecular weight excluding hydrogens is 203 g/mol. The van der Waals surface area contributed by atoms with Crippen molar-refractivity contribution in [3.63, 3.8) is 0 Å². The Hall–Kier alpha value is -2.21. The minimum absolute atomic E-state index is 0.0647. The largest absolute Gasteiger partial charge is 0.264 e. The number of pyridine rings is 1. The zero-order valence-corrected chi connectivity index (χ0v) is 8.74. The third-order valence-corrected chi connectivity index (χ3v) is 2.31. The van der Waals surface area contributed by atoms with E-state index in [9.17, 15) is 4.39 Å². The normalized spacial score (nSPS) is 9.81. The fraction of sp³-hybridized carbons (Fsp3) is 0.0769. The van der Waals surface area contributed by atoms with Crippen LogP contribution < -0.4 is 0 Å². The van der Waals surface area contributed by atoms with Crippen molar-refractivity contribution in [1.82, 2.24) is 4.98 Å². The van der Waals surface area contributed by atoms with Crippen molar-refractivity contribution in [1.29, 1.82) is 5.26 Å². The van der Waals surface area contributed by atoms with E-state index >= 15 is 0 Å². The van der Waals surface area contributed by atoms with Gasteiger partial charge in [-0.1, -0.05) is 12.1 Å². The third kappa shape index (κ3) is 1.78. The molecule has 0 bridgehead atoms. The molecule has 1 aromatic carbocycles. The summed E-state index contributed by atoms with van der Waals surface area (Å²) in [4.78, 5) is 4.03. The molecule has 0 aliphatic rings. The molecule has 0 aliphatic carbocycles. The van der Waals surface area contributed by atoms with Crippen molar-refractivity contribution >= 4 is 0 Å². The number of hydrogen-bond donors (Lipinski definition) is 0. The maximum Gasteiger partial charge on any atom is 0.141 e. The van der Waals surface area contributed by atoms with Crippen LogP contribution in [0.1, 0.15) is 11.1 Å². The average molecular weight is 212 g/mol. The van der Waals surface area contributed by atoms with E-state index in [2.05, 4.69) is 4.98 Å². The first-order valence-corrected chi connectivity index (χ1v) is 4.83. The molecule has 2 aromatic rings. The van der Waals surface area contributed by atoms with Crippen molar-refractivity contribution in [2.24, 2.45) is 0 Å². The summed E-state index contributed by atoms with van der Waals surface area (Å²) in [5, 5.41) is 8.92. The molecule has 2 nitrogen and oxygen atoms in total. The molecule has 16 heavy (non-hydrogen) atoms. The first-order chi connectivity index (χ1) is 7.72. The fourth-order valence-corrected chi connectivity index (χ4v) is 1.58. The van der Waals surface area contributed by atoms with E-state index in [1.54, 1.807) is 24.5 Å². The number of rotatable bonds is 1. The van der Waals surface area contributed by atoms with E-state index < -0.39 is 5.82 Å². The van der Waals surface area contributed by atoms with Crippen LogP contribution in [0.4, 0.5) is 4.39 Å². The first kappa shape index (κ1) is 10.3. The quantitative estimate of drug-likeness (QED) is 0.728. The summed E-state index contributed by atoms with van der Waals surface area (Å²) in [6.07, 6.45) is 3.34. The molecule has 0 fully saturated rings. The van der Waals surface area contributed by atoms with Crippen LogP contribution in [0.3, 0.4) is 0 Å². The van der Waals surface area contributed by atoms with Crippen LogP contribution >= 0.6 is 0 Å². The second-order valence-corrected chi connectivity index (χ2v) is 3.53. The van der Waals surface area contributed by atoms with Gasteiger partial charge in [0.25, 0.3) is 0 Å². The molecule has 0 aliphatic heterocycles. The van der Waals surface area contributed by atoms with Gasteiger partial charge < -0.3 is 0 Å². The molecule has 78 valence electrons. The SMILES string of the molecule is Cc1cncc(-c2cccc(F)c2C#N)c1. The van der Waals surface area contributed by atoms with Crippen LogP contribution in [-0.4, -0.2) is 4.98 Å². The number of aryl methyl sites for hydroxylation is 1. The number of nitrogens with zero attached hydrogens (tertiary/aromatic N) is 2. The van der Waals surface area contributed by atoms with E-state index in [1.165, 1.54) is 6.07 Å². The summed E-state index contributed by atoms with van der Waals surface area (Å²) in [7, 11) is 0. The third-order valence-electron chi connectivity index (χ3n) is 2.31. The van der Waals surface area contributed by atoms with E-state index in [1.807, 2.05) is 19.1 Å². The van der Waals surface area contributed by atoms with Crippen molar-refractivity contribution < 1.29 is 4.39 Å². The Kier molecular flexibility index (Phi) is 2.65. The average Bonchev–Trinajstić information content (AvgIpc) is 2.28. The highest BCUT2D eigenvalue weighted by molar-refractivity contribution is 5.70.